The van der Waals surface area contributed by atoms with Crippen molar-refractivity contribution in [1.82, 2.24) is 0 Å². The first kappa shape index (κ1) is 41.6. The summed E-state index contributed by atoms with van der Waals surface area (Å²) < 4.78 is 13.8. The molecule has 71 heavy (non-hydrogen) atoms. The molecule has 11 aromatic carbocycles. The zero-order chi connectivity index (χ0) is 47.1. The molecule has 0 aliphatic heterocycles. The minimum atomic E-state index is 0.802. The molecule has 0 saturated carbocycles. The van der Waals surface area contributed by atoms with Gasteiger partial charge in [-0.05, 0) is 113 Å². The number of hydrogen-bond donors (Lipinski definition) is 0. The molecule has 0 bridgehead atoms. The van der Waals surface area contributed by atoms with E-state index in [1.807, 2.05) is 24.3 Å². The van der Waals surface area contributed by atoms with E-state index in [0.717, 1.165) is 117 Å². The molecule has 0 spiro atoms. The van der Waals surface area contributed by atoms with Crippen LogP contribution in [0.3, 0.4) is 0 Å². The van der Waals surface area contributed by atoms with E-state index in [1.165, 1.54) is 0 Å². The van der Waals surface area contributed by atoms with Crippen molar-refractivity contribution in [2.24, 2.45) is 0 Å². The maximum absolute atomic E-state index is 6.88. The lowest BCUT2D eigenvalue weighted by Gasteiger charge is -2.33. The highest BCUT2D eigenvalue weighted by molar-refractivity contribution is 6.12. The fourth-order valence-electron chi connectivity index (χ4n) is 10.1. The molecule has 0 aliphatic carbocycles. The van der Waals surface area contributed by atoms with Crippen molar-refractivity contribution in [3.63, 3.8) is 0 Å². The van der Waals surface area contributed by atoms with Crippen molar-refractivity contribution in [3.05, 3.63) is 273 Å². The van der Waals surface area contributed by atoms with E-state index in [-0.39, 0.29) is 0 Å². The quantitative estimate of drug-likeness (QED) is 0.129. The highest BCUT2D eigenvalue weighted by Gasteiger charge is 2.26. The van der Waals surface area contributed by atoms with Gasteiger partial charge in [0.1, 0.15) is 11.2 Å². The molecule has 5 heteroatoms. The highest BCUT2D eigenvalue weighted by atomic mass is 16.3. The smallest absolute Gasteiger partial charge is 0.159 e. The molecule has 2 heterocycles. The molecule has 5 nitrogen and oxygen atoms in total. The molecule has 0 N–H and O–H groups in total. The maximum Gasteiger partial charge on any atom is 0.159 e. The number of para-hydroxylation sites is 6. The van der Waals surface area contributed by atoms with Gasteiger partial charge in [0.05, 0.1) is 28.4 Å². The minimum absolute atomic E-state index is 0.802. The lowest BCUT2D eigenvalue weighted by Crippen LogP contribution is -2.16. The van der Waals surface area contributed by atoms with Gasteiger partial charge < -0.3 is 23.5 Å². The second-order valence-corrected chi connectivity index (χ2v) is 17.7. The molecule has 0 unspecified atom stereocenters. The third kappa shape index (κ3) is 7.63. The molecule has 0 saturated heterocycles. The number of fused-ring (bicyclic) bond motifs is 6. The number of benzene rings is 11. The Labute approximate surface area is 411 Å². The molecule has 2 aromatic heterocycles. The van der Waals surface area contributed by atoms with Gasteiger partial charge in [-0.3, -0.25) is 0 Å². The average molecular weight is 912 g/mol. The Morgan fingerprint density at radius 2 is 0.521 bits per heavy atom. The molecule has 13 rings (SSSR count). The zero-order valence-electron chi connectivity index (χ0n) is 38.6. The number of anilines is 9. The maximum atomic E-state index is 6.88. The van der Waals surface area contributed by atoms with Gasteiger partial charge in [-0.1, -0.05) is 182 Å². The summed E-state index contributed by atoms with van der Waals surface area (Å²) in [6, 6.07) is 96.5. The Kier molecular flexibility index (Phi) is 10.4. The molecular formula is C66H45N3O2. The van der Waals surface area contributed by atoms with Crippen LogP contribution in [0.2, 0.25) is 0 Å². The number of nitrogens with zero attached hydrogens (tertiary/aromatic N) is 3. The molecule has 0 aliphatic rings. The molecule has 0 atom stereocenters. The Balaban J connectivity index is 1.11. The third-order valence-corrected chi connectivity index (χ3v) is 13.4. The Morgan fingerprint density at radius 1 is 0.211 bits per heavy atom. The molecule has 336 valence electrons. The van der Waals surface area contributed by atoms with Crippen LogP contribution in [0.5, 0.6) is 0 Å². The van der Waals surface area contributed by atoms with E-state index in [0.29, 0.717) is 0 Å². The van der Waals surface area contributed by atoms with E-state index < -0.39 is 0 Å². The van der Waals surface area contributed by atoms with Crippen LogP contribution in [0.4, 0.5) is 51.2 Å². The molecule has 0 radical (unpaired) electrons. The van der Waals surface area contributed by atoms with E-state index in [2.05, 4.69) is 263 Å². The van der Waals surface area contributed by atoms with Crippen molar-refractivity contribution in [2.45, 2.75) is 0 Å². The summed E-state index contributed by atoms with van der Waals surface area (Å²) in [7, 11) is 0. The van der Waals surface area contributed by atoms with Crippen LogP contribution in [0, 0.1) is 0 Å². The van der Waals surface area contributed by atoms with Crippen molar-refractivity contribution in [2.75, 3.05) is 14.7 Å². The summed E-state index contributed by atoms with van der Waals surface area (Å²) in [6.07, 6.45) is 0. The predicted octanol–water partition coefficient (Wildman–Crippen LogP) is 19.2. The van der Waals surface area contributed by atoms with Gasteiger partial charge in [0.25, 0.3) is 0 Å². The van der Waals surface area contributed by atoms with Gasteiger partial charge in [-0.15, -0.1) is 0 Å². The van der Waals surface area contributed by atoms with Gasteiger partial charge in [0, 0.05) is 44.3 Å². The topological polar surface area (TPSA) is 36.0 Å². The summed E-state index contributed by atoms with van der Waals surface area (Å²) in [4.78, 5) is 7.03. The van der Waals surface area contributed by atoms with E-state index >= 15 is 0 Å². The van der Waals surface area contributed by atoms with E-state index in [9.17, 15) is 0 Å². The van der Waals surface area contributed by atoms with Crippen molar-refractivity contribution >= 4 is 95.1 Å². The molecule has 13 aromatic rings. The van der Waals surface area contributed by atoms with Crippen molar-refractivity contribution in [3.8, 4) is 22.3 Å². The van der Waals surface area contributed by atoms with E-state index in [4.69, 9.17) is 8.83 Å². The van der Waals surface area contributed by atoms with Gasteiger partial charge in [-0.25, -0.2) is 0 Å². The molecular weight excluding hydrogens is 867 g/mol. The lowest BCUT2D eigenvalue weighted by molar-refractivity contribution is 0.669. The lowest BCUT2D eigenvalue weighted by atomic mass is 10.0. The first-order valence-corrected chi connectivity index (χ1v) is 24.0. The molecule has 0 amide bonds. The van der Waals surface area contributed by atoms with E-state index in [1.54, 1.807) is 0 Å². The van der Waals surface area contributed by atoms with Crippen LogP contribution >= 0.6 is 0 Å². The number of furan rings is 2. The van der Waals surface area contributed by atoms with Crippen LogP contribution < -0.4 is 14.7 Å². The summed E-state index contributed by atoms with van der Waals surface area (Å²) in [5, 5.41) is 4.24. The highest BCUT2D eigenvalue weighted by Crippen LogP contribution is 2.50. The third-order valence-electron chi connectivity index (χ3n) is 13.4. The Morgan fingerprint density at radius 3 is 0.930 bits per heavy atom. The number of rotatable bonds is 11. The second-order valence-electron chi connectivity index (χ2n) is 17.7. The van der Waals surface area contributed by atoms with Gasteiger partial charge >= 0.3 is 0 Å². The standard InChI is InChI=1S/C66H45N3O2/c1-5-19-46(20-6-1)48-35-39-52(40-36-48)68(61-31-17-29-59-57-27-13-15-33-63(57)70-65(59)61)55-43-54(67(50-23-9-3-10-24-50)51-25-11-4-12-26-51)44-56(45-55)69(53-41-37-49(38-42-53)47-21-7-2-8-22-47)62-32-18-30-60-58-28-14-16-34-64(58)71-66(60)62/h1-45H. The Bertz CT molecular complexity index is 3720. The van der Waals surface area contributed by atoms with Gasteiger partial charge in [0.15, 0.2) is 11.2 Å². The van der Waals surface area contributed by atoms with Crippen LogP contribution in [0.1, 0.15) is 0 Å². The fourth-order valence-corrected chi connectivity index (χ4v) is 10.1. The SMILES string of the molecule is c1ccc(-c2ccc(N(c3cc(N(c4ccccc4)c4ccccc4)cc(N(c4ccc(-c5ccccc5)cc4)c4cccc5c4oc4ccccc45)c3)c3cccc4c3oc3ccccc34)cc2)cc1. The second kappa shape index (κ2) is 17.8. The first-order valence-electron chi connectivity index (χ1n) is 24.0. The predicted molar refractivity (Wildman–Crippen MR) is 296 cm³/mol. The summed E-state index contributed by atoms with van der Waals surface area (Å²) in [6.45, 7) is 0. The van der Waals surface area contributed by atoms with Crippen LogP contribution in [0.25, 0.3) is 66.1 Å². The van der Waals surface area contributed by atoms with Crippen LogP contribution in [-0.2, 0) is 0 Å². The first-order chi connectivity index (χ1) is 35.2. The largest absolute Gasteiger partial charge is 0.454 e. The fraction of sp³-hybridized carbons (Fsp3) is 0. The summed E-state index contributed by atoms with van der Waals surface area (Å²) in [5.41, 5.74) is 16.5. The monoisotopic (exact) mass is 911 g/mol. The van der Waals surface area contributed by atoms with Crippen LogP contribution in [0.15, 0.2) is 282 Å². The normalized spacial score (nSPS) is 11.4. The minimum Gasteiger partial charge on any atom is -0.454 e. The molecule has 0 fully saturated rings. The number of hydrogen-bond acceptors (Lipinski definition) is 5. The Hall–Kier alpha value is -9.58. The van der Waals surface area contributed by atoms with Gasteiger partial charge in [-0.2, -0.15) is 0 Å². The van der Waals surface area contributed by atoms with Crippen LogP contribution in [-0.4, -0.2) is 0 Å². The van der Waals surface area contributed by atoms with Gasteiger partial charge in [0.2, 0.25) is 0 Å². The van der Waals surface area contributed by atoms with Crippen molar-refractivity contribution in [1.29, 1.82) is 0 Å². The average Bonchev–Trinajstić information content (AvgIpc) is 4.03. The summed E-state index contributed by atoms with van der Waals surface area (Å²) >= 11 is 0. The summed E-state index contributed by atoms with van der Waals surface area (Å²) in [5.74, 6) is 0. The zero-order valence-corrected chi connectivity index (χ0v) is 38.6. The van der Waals surface area contributed by atoms with Crippen molar-refractivity contribution < 1.29 is 8.83 Å².